The standard InChI is InChI=1S/C14H14BrN3/c15-11-8-17-9-12-13(11)10(7-18-12)3-1-4-14(16)5-2-6-14/h7-9,18H,2,4-6,16H2. The first-order valence-electron chi connectivity index (χ1n) is 6.06. The summed E-state index contributed by atoms with van der Waals surface area (Å²) in [4.78, 5) is 7.30. The van der Waals surface area contributed by atoms with Crippen LogP contribution in [-0.2, 0) is 0 Å². The minimum absolute atomic E-state index is 0.0299. The molecule has 1 fully saturated rings. The molecule has 92 valence electrons. The summed E-state index contributed by atoms with van der Waals surface area (Å²) in [5.41, 5.74) is 8.13. The summed E-state index contributed by atoms with van der Waals surface area (Å²) in [6.45, 7) is 0. The molecule has 3 N–H and O–H groups in total. The van der Waals surface area contributed by atoms with Gasteiger partial charge in [0.2, 0.25) is 0 Å². The number of fused-ring (bicyclic) bond motifs is 1. The quantitative estimate of drug-likeness (QED) is 0.796. The third-order valence-corrected chi connectivity index (χ3v) is 4.16. The second-order valence-electron chi connectivity index (χ2n) is 4.94. The van der Waals surface area contributed by atoms with E-state index in [9.17, 15) is 0 Å². The Labute approximate surface area is 114 Å². The highest BCUT2D eigenvalue weighted by Crippen LogP contribution is 2.31. The molecule has 0 bridgehead atoms. The van der Waals surface area contributed by atoms with Crippen molar-refractivity contribution in [2.24, 2.45) is 5.73 Å². The molecule has 0 spiro atoms. The Balaban J connectivity index is 1.89. The van der Waals surface area contributed by atoms with Crippen molar-refractivity contribution in [3.63, 3.8) is 0 Å². The molecule has 1 aliphatic carbocycles. The number of hydrogen-bond donors (Lipinski definition) is 2. The molecule has 1 saturated carbocycles. The van der Waals surface area contributed by atoms with Crippen molar-refractivity contribution in [1.29, 1.82) is 0 Å². The Bertz CT molecular complexity index is 644. The zero-order valence-electron chi connectivity index (χ0n) is 9.96. The number of H-pyrrole nitrogens is 1. The molecule has 1 aliphatic rings. The van der Waals surface area contributed by atoms with Crippen LogP contribution in [0.2, 0.25) is 0 Å². The molecule has 0 aromatic carbocycles. The van der Waals surface area contributed by atoms with Crippen LogP contribution in [0.15, 0.2) is 23.1 Å². The summed E-state index contributed by atoms with van der Waals surface area (Å²) in [6.07, 6.45) is 9.74. The first-order chi connectivity index (χ1) is 8.68. The maximum absolute atomic E-state index is 6.16. The van der Waals surface area contributed by atoms with Crippen LogP contribution in [0.1, 0.15) is 31.2 Å². The number of nitrogens with two attached hydrogens (primary N) is 1. The third kappa shape index (κ3) is 2.05. The zero-order valence-corrected chi connectivity index (χ0v) is 11.5. The van der Waals surface area contributed by atoms with Crippen molar-refractivity contribution < 1.29 is 0 Å². The molecule has 4 heteroatoms. The van der Waals surface area contributed by atoms with E-state index < -0.39 is 0 Å². The minimum Gasteiger partial charge on any atom is -0.359 e. The van der Waals surface area contributed by atoms with Crippen LogP contribution in [0, 0.1) is 11.8 Å². The van der Waals surface area contributed by atoms with Gasteiger partial charge in [-0.25, -0.2) is 0 Å². The molecule has 0 atom stereocenters. The highest BCUT2D eigenvalue weighted by Gasteiger charge is 2.31. The number of pyridine rings is 1. The van der Waals surface area contributed by atoms with Crippen LogP contribution in [-0.4, -0.2) is 15.5 Å². The highest BCUT2D eigenvalue weighted by molar-refractivity contribution is 9.10. The van der Waals surface area contributed by atoms with Gasteiger partial charge in [-0.15, -0.1) is 0 Å². The van der Waals surface area contributed by atoms with Crippen LogP contribution >= 0.6 is 15.9 Å². The van der Waals surface area contributed by atoms with E-state index in [1.54, 1.807) is 6.20 Å². The fourth-order valence-electron chi connectivity index (χ4n) is 2.26. The third-order valence-electron chi connectivity index (χ3n) is 3.55. The van der Waals surface area contributed by atoms with Crippen molar-refractivity contribution in [1.82, 2.24) is 9.97 Å². The van der Waals surface area contributed by atoms with Gasteiger partial charge in [0.05, 0.1) is 17.3 Å². The maximum atomic E-state index is 6.16. The van der Waals surface area contributed by atoms with E-state index in [0.29, 0.717) is 0 Å². The number of aromatic amines is 1. The second kappa shape index (κ2) is 4.42. The first-order valence-corrected chi connectivity index (χ1v) is 6.86. The molecule has 0 unspecified atom stereocenters. The lowest BCUT2D eigenvalue weighted by molar-refractivity contribution is 0.255. The van der Waals surface area contributed by atoms with Crippen molar-refractivity contribution in [2.75, 3.05) is 0 Å². The van der Waals surface area contributed by atoms with Gasteiger partial charge in [0, 0.05) is 34.2 Å². The van der Waals surface area contributed by atoms with Crippen molar-refractivity contribution >= 4 is 26.8 Å². The average Bonchev–Trinajstić information content (AvgIpc) is 2.72. The summed E-state index contributed by atoms with van der Waals surface area (Å²) >= 11 is 3.51. The fraction of sp³-hybridized carbons (Fsp3) is 0.357. The van der Waals surface area contributed by atoms with E-state index in [0.717, 1.165) is 40.2 Å². The average molecular weight is 304 g/mol. The molecular weight excluding hydrogens is 290 g/mol. The molecule has 3 rings (SSSR count). The monoisotopic (exact) mass is 303 g/mol. The fourth-order valence-corrected chi connectivity index (χ4v) is 2.81. The van der Waals surface area contributed by atoms with Gasteiger partial charge in [0.25, 0.3) is 0 Å². The molecule has 2 heterocycles. The molecular formula is C14H14BrN3. The van der Waals surface area contributed by atoms with Gasteiger partial charge >= 0.3 is 0 Å². The van der Waals surface area contributed by atoms with E-state index in [1.165, 1.54) is 6.42 Å². The van der Waals surface area contributed by atoms with Gasteiger partial charge in [-0.2, -0.15) is 0 Å². The van der Waals surface area contributed by atoms with Crippen LogP contribution in [0.4, 0.5) is 0 Å². The Hall–Kier alpha value is -1.31. The van der Waals surface area contributed by atoms with Crippen molar-refractivity contribution in [3.05, 3.63) is 28.6 Å². The predicted octanol–water partition coefficient (Wildman–Crippen LogP) is 2.95. The topological polar surface area (TPSA) is 54.7 Å². The number of halogens is 1. The van der Waals surface area contributed by atoms with E-state index >= 15 is 0 Å². The van der Waals surface area contributed by atoms with Gasteiger partial charge in [0.1, 0.15) is 0 Å². The second-order valence-corrected chi connectivity index (χ2v) is 5.80. The maximum Gasteiger partial charge on any atom is 0.0664 e. The van der Waals surface area contributed by atoms with Gasteiger partial charge < -0.3 is 10.7 Å². The van der Waals surface area contributed by atoms with Crippen molar-refractivity contribution in [2.45, 2.75) is 31.2 Å². The molecule has 2 aromatic rings. The van der Waals surface area contributed by atoms with E-state index in [2.05, 4.69) is 37.7 Å². The summed E-state index contributed by atoms with van der Waals surface area (Å²) in [7, 11) is 0. The molecule has 18 heavy (non-hydrogen) atoms. The Kier molecular flexibility index (Phi) is 2.89. The van der Waals surface area contributed by atoms with Gasteiger partial charge in [-0.1, -0.05) is 11.8 Å². The molecule has 0 aliphatic heterocycles. The Morgan fingerprint density at radius 1 is 1.44 bits per heavy atom. The van der Waals surface area contributed by atoms with E-state index in [1.807, 2.05) is 12.4 Å². The highest BCUT2D eigenvalue weighted by atomic mass is 79.9. The lowest BCUT2D eigenvalue weighted by atomic mass is 9.75. The van der Waals surface area contributed by atoms with Crippen molar-refractivity contribution in [3.8, 4) is 11.8 Å². The Morgan fingerprint density at radius 2 is 2.28 bits per heavy atom. The lowest BCUT2D eigenvalue weighted by Crippen LogP contribution is -2.45. The zero-order chi connectivity index (χ0) is 12.6. The number of nitrogens with one attached hydrogen (secondary N) is 1. The number of rotatable bonds is 1. The van der Waals surface area contributed by atoms with E-state index in [-0.39, 0.29) is 5.54 Å². The lowest BCUT2D eigenvalue weighted by Gasteiger charge is -2.36. The van der Waals surface area contributed by atoms with E-state index in [4.69, 9.17) is 5.73 Å². The number of nitrogens with zero attached hydrogens (tertiary/aromatic N) is 1. The van der Waals surface area contributed by atoms with Gasteiger partial charge in [-0.05, 0) is 35.2 Å². The molecule has 2 aromatic heterocycles. The van der Waals surface area contributed by atoms with Crippen LogP contribution in [0.25, 0.3) is 10.9 Å². The van der Waals surface area contributed by atoms with Crippen LogP contribution in [0.3, 0.4) is 0 Å². The number of aromatic nitrogens is 2. The molecule has 0 radical (unpaired) electrons. The number of hydrogen-bond acceptors (Lipinski definition) is 2. The smallest absolute Gasteiger partial charge is 0.0664 e. The molecule has 3 nitrogen and oxygen atoms in total. The molecule has 0 amide bonds. The van der Waals surface area contributed by atoms with Gasteiger partial charge in [0.15, 0.2) is 0 Å². The first kappa shape index (κ1) is 11.8. The summed E-state index contributed by atoms with van der Waals surface area (Å²) in [5.74, 6) is 6.43. The van der Waals surface area contributed by atoms with Crippen LogP contribution < -0.4 is 5.73 Å². The molecule has 0 saturated heterocycles. The Morgan fingerprint density at radius 3 is 3.00 bits per heavy atom. The summed E-state index contributed by atoms with van der Waals surface area (Å²) in [6, 6.07) is 0. The predicted molar refractivity (Wildman–Crippen MR) is 76.1 cm³/mol. The summed E-state index contributed by atoms with van der Waals surface area (Å²) in [5, 5.41) is 1.09. The summed E-state index contributed by atoms with van der Waals surface area (Å²) < 4.78 is 0.969. The van der Waals surface area contributed by atoms with Crippen LogP contribution in [0.5, 0.6) is 0 Å². The largest absolute Gasteiger partial charge is 0.359 e. The van der Waals surface area contributed by atoms with Gasteiger partial charge in [-0.3, -0.25) is 4.98 Å². The normalized spacial score (nSPS) is 17.0. The SMILES string of the molecule is NC1(CC#Cc2c[nH]c3cncc(Br)c23)CCC1. The minimum atomic E-state index is -0.0299.